The molecule has 0 heterocycles. The van der Waals surface area contributed by atoms with Gasteiger partial charge in [-0.25, -0.2) is 0 Å². The van der Waals surface area contributed by atoms with Crippen LogP contribution in [0.3, 0.4) is 0 Å². The van der Waals surface area contributed by atoms with Crippen LogP contribution in [0.5, 0.6) is 0 Å². The maximum absolute atomic E-state index is 2.36. The fourth-order valence-electron chi connectivity index (χ4n) is 3.64. The first-order valence-corrected chi connectivity index (χ1v) is 13.1. The Morgan fingerprint density at radius 1 is 0.391 bits per heavy atom. The Hall–Kier alpha value is 0.720. The molecule has 0 saturated heterocycles. The quantitative estimate of drug-likeness (QED) is 0.247. The van der Waals surface area contributed by atoms with Gasteiger partial charge in [0, 0.05) is 7.26 Å². The lowest BCUT2D eigenvalue weighted by Crippen LogP contribution is -3.00. The molecule has 0 aromatic heterocycles. The van der Waals surface area contributed by atoms with Gasteiger partial charge in [0.1, 0.15) is 0 Å². The summed E-state index contributed by atoms with van der Waals surface area (Å²) in [4.78, 5) is 0. The molecule has 0 saturated carbocycles. The zero-order valence-electron chi connectivity index (χ0n) is 16.8. The summed E-state index contributed by atoms with van der Waals surface area (Å²) in [5.74, 6) is 0. The number of halogens is 1. The predicted molar refractivity (Wildman–Crippen MR) is 109 cm³/mol. The van der Waals surface area contributed by atoms with Crippen LogP contribution in [0.1, 0.15) is 111 Å². The summed E-state index contributed by atoms with van der Waals surface area (Å²) in [6, 6.07) is 0. The monoisotopic (exact) mass is 364 g/mol. The Morgan fingerprint density at radius 3 is 0.957 bits per heavy atom. The molecular formula is C21H46ClP. The van der Waals surface area contributed by atoms with E-state index in [1.165, 1.54) is 83.5 Å². The maximum atomic E-state index is 2.36. The third kappa shape index (κ3) is 14.7. The molecule has 0 unspecified atom stereocenters. The first kappa shape index (κ1) is 26.0. The minimum atomic E-state index is -0.625. The zero-order chi connectivity index (χ0) is 16.5. The average Bonchev–Trinajstić information content (AvgIpc) is 2.52. The van der Waals surface area contributed by atoms with Crippen LogP contribution in [0.4, 0.5) is 0 Å². The summed E-state index contributed by atoms with van der Waals surface area (Å²) in [6.45, 7) is 9.41. The van der Waals surface area contributed by atoms with E-state index in [-0.39, 0.29) is 12.4 Å². The largest absolute Gasteiger partial charge is 1.00 e. The predicted octanol–water partition coefficient (Wildman–Crippen LogP) is 5.16. The molecule has 0 radical (unpaired) electrons. The smallest absolute Gasteiger partial charge is 0.0594 e. The lowest BCUT2D eigenvalue weighted by atomic mass is 10.2. The molecular weight excluding hydrogens is 319 g/mol. The van der Waals surface area contributed by atoms with E-state index in [0.29, 0.717) is 0 Å². The van der Waals surface area contributed by atoms with E-state index in [0.717, 1.165) is 0 Å². The van der Waals surface area contributed by atoms with Crippen LogP contribution in [-0.4, -0.2) is 24.6 Å². The van der Waals surface area contributed by atoms with Crippen molar-refractivity contribution in [3.63, 3.8) is 0 Å². The number of hydrogen-bond acceptors (Lipinski definition) is 0. The molecule has 0 aliphatic heterocycles. The first-order valence-electron chi connectivity index (χ1n) is 10.6. The van der Waals surface area contributed by atoms with Gasteiger partial charge < -0.3 is 12.4 Å². The molecule has 0 fully saturated rings. The van der Waals surface area contributed by atoms with Crippen LogP contribution < -0.4 is 12.4 Å². The highest BCUT2D eigenvalue weighted by Crippen LogP contribution is 2.61. The van der Waals surface area contributed by atoms with Crippen molar-refractivity contribution in [2.24, 2.45) is 0 Å². The van der Waals surface area contributed by atoms with Gasteiger partial charge in [-0.1, -0.05) is 79.1 Å². The molecule has 0 aliphatic carbocycles. The fraction of sp³-hybridized carbons (Fsp3) is 1.00. The Labute approximate surface area is 155 Å². The fourth-order valence-corrected chi connectivity index (χ4v) is 8.56. The van der Waals surface area contributed by atoms with E-state index in [9.17, 15) is 0 Å². The summed E-state index contributed by atoms with van der Waals surface area (Å²) in [5.41, 5.74) is 0. The second-order valence-corrected chi connectivity index (χ2v) is 11.9. The number of rotatable bonds is 17. The highest BCUT2D eigenvalue weighted by atomic mass is 35.5. The van der Waals surface area contributed by atoms with Crippen LogP contribution in [0.25, 0.3) is 0 Å². The van der Waals surface area contributed by atoms with E-state index in [1.807, 2.05) is 0 Å². The highest BCUT2D eigenvalue weighted by molar-refractivity contribution is 7.75. The molecule has 0 atom stereocenters. The SMILES string of the molecule is CCCCCC[P+](CCCCC)(CCCCC)CCCCC.[Cl-]. The Balaban J connectivity index is 0. The van der Waals surface area contributed by atoms with Crippen LogP contribution in [0.2, 0.25) is 0 Å². The molecule has 23 heavy (non-hydrogen) atoms. The van der Waals surface area contributed by atoms with Gasteiger partial charge in [-0.3, -0.25) is 0 Å². The van der Waals surface area contributed by atoms with Gasteiger partial charge in [0.25, 0.3) is 0 Å². The van der Waals surface area contributed by atoms with Crippen molar-refractivity contribution >= 4 is 7.26 Å². The highest BCUT2D eigenvalue weighted by Gasteiger charge is 2.34. The maximum Gasteiger partial charge on any atom is 0.0594 e. The van der Waals surface area contributed by atoms with Crippen molar-refractivity contribution in [2.45, 2.75) is 111 Å². The lowest BCUT2D eigenvalue weighted by Gasteiger charge is -2.28. The van der Waals surface area contributed by atoms with Gasteiger partial charge >= 0.3 is 0 Å². The first-order chi connectivity index (χ1) is 10.7. The Kier molecular flexibility index (Phi) is 21.5. The van der Waals surface area contributed by atoms with Gasteiger partial charge in [-0.05, 0) is 32.1 Å². The van der Waals surface area contributed by atoms with Crippen LogP contribution >= 0.6 is 7.26 Å². The summed E-state index contributed by atoms with van der Waals surface area (Å²) in [6.07, 6.45) is 25.5. The third-order valence-corrected chi connectivity index (χ3v) is 10.3. The second kappa shape index (κ2) is 19.1. The van der Waals surface area contributed by atoms with Crippen molar-refractivity contribution in [3.8, 4) is 0 Å². The van der Waals surface area contributed by atoms with Crippen molar-refractivity contribution in [1.29, 1.82) is 0 Å². The summed E-state index contributed by atoms with van der Waals surface area (Å²) in [5, 5.41) is 0. The minimum absolute atomic E-state index is 0. The van der Waals surface area contributed by atoms with Crippen molar-refractivity contribution in [3.05, 3.63) is 0 Å². The summed E-state index contributed by atoms with van der Waals surface area (Å²) in [7, 11) is -0.625. The summed E-state index contributed by atoms with van der Waals surface area (Å²) >= 11 is 0. The molecule has 142 valence electrons. The van der Waals surface area contributed by atoms with E-state index in [2.05, 4.69) is 27.7 Å². The topological polar surface area (TPSA) is 0 Å². The molecule has 0 N–H and O–H groups in total. The number of unbranched alkanes of at least 4 members (excludes halogenated alkanes) is 9. The molecule has 2 heteroatoms. The van der Waals surface area contributed by atoms with E-state index >= 15 is 0 Å². The van der Waals surface area contributed by atoms with Crippen LogP contribution in [-0.2, 0) is 0 Å². The van der Waals surface area contributed by atoms with Gasteiger partial charge in [-0.2, -0.15) is 0 Å². The van der Waals surface area contributed by atoms with E-state index in [1.54, 1.807) is 24.6 Å². The molecule has 0 aliphatic rings. The number of hydrogen-bond donors (Lipinski definition) is 0. The van der Waals surface area contributed by atoms with Crippen LogP contribution in [0.15, 0.2) is 0 Å². The summed E-state index contributed by atoms with van der Waals surface area (Å²) < 4.78 is 0. The molecule has 0 aromatic carbocycles. The van der Waals surface area contributed by atoms with Gasteiger partial charge in [0.15, 0.2) is 0 Å². The van der Waals surface area contributed by atoms with Gasteiger partial charge in [-0.15, -0.1) is 0 Å². The molecule has 0 aromatic rings. The Bertz CT molecular complexity index is 191. The van der Waals surface area contributed by atoms with E-state index in [4.69, 9.17) is 0 Å². The minimum Gasteiger partial charge on any atom is -1.00 e. The van der Waals surface area contributed by atoms with Crippen molar-refractivity contribution in [1.82, 2.24) is 0 Å². The zero-order valence-corrected chi connectivity index (χ0v) is 18.5. The molecule has 0 bridgehead atoms. The molecule has 0 spiro atoms. The van der Waals surface area contributed by atoms with Gasteiger partial charge in [0.2, 0.25) is 0 Å². The third-order valence-electron chi connectivity index (χ3n) is 5.19. The standard InChI is InChI=1S/C21H46P.ClH/c1-5-9-13-17-21-22(18-14-10-6-2,19-15-11-7-3)20-16-12-8-4;/h5-21H2,1-4H3;1H/q+1;/p-1. The molecule has 0 nitrogen and oxygen atoms in total. The normalized spacial score (nSPS) is 11.5. The van der Waals surface area contributed by atoms with Gasteiger partial charge in [0.05, 0.1) is 24.6 Å². The second-order valence-electron chi connectivity index (χ2n) is 7.42. The van der Waals surface area contributed by atoms with Crippen LogP contribution in [0, 0.1) is 0 Å². The van der Waals surface area contributed by atoms with E-state index < -0.39 is 7.26 Å². The molecule has 0 rings (SSSR count). The Morgan fingerprint density at radius 2 is 0.652 bits per heavy atom. The van der Waals surface area contributed by atoms with Crippen molar-refractivity contribution < 1.29 is 12.4 Å². The average molecular weight is 365 g/mol. The van der Waals surface area contributed by atoms with Crippen molar-refractivity contribution in [2.75, 3.05) is 24.6 Å². The molecule has 0 amide bonds. The lowest BCUT2D eigenvalue weighted by molar-refractivity contribution is -0.00000514.